The first kappa shape index (κ1) is 27.3. The topological polar surface area (TPSA) is 220 Å². The summed E-state index contributed by atoms with van der Waals surface area (Å²) in [5.41, 5.74) is 6.73. The molecule has 0 fully saturated rings. The van der Waals surface area contributed by atoms with Gasteiger partial charge in [0, 0.05) is 24.7 Å². The smallest absolute Gasteiger partial charge is 0.326 e. The summed E-state index contributed by atoms with van der Waals surface area (Å²) >= 11 is 0. The van der Waals surface area contributed by atoms with E-state index in [0.717, 1.165) is 0 Å². The van der Waals surface area contributed by atoms with Crippen molar-refractivity contribution in [1.82, 2.24) is 25.9 Å². The van der Waals surface area contributed by atoms with Crippen LogP contribution in [-0.4, -0.2) is 79.2 Å². The van der Waals surface area contributed by atoms with E-state index in [1.165, 1.54) is 50.6 Å². The number of hydrogen-bond acceptors (Lipinski definition) is 8. The van der Waals surface area contributed by atoms with Crippen LogP contribution in [0.15, 0.2) is 36.8 Å². The van der Waals surface area contributed by atoms with Crippen molar-refractivity contribution in [1.29, 1.82) is 0 Å². The molecule has 2 rings (SSSR count). The van der Waals surface area contributed by atoms with E-state index in [0.29, 0.717) is 11.3 Å². The van der Waals surface area contributed by atoms with Gasteiger partial charge in [-0.2, -0.15) is 0 Å². The van der Waals surface area contributed by atoms with Gasteiger partial charge in [0.2, 0.25) is 17.7 Å². The lowest BCUT2D eigenvalue weighted by Gasteiger charge is -2.24. The van der Waals surface area contributed by atoms with Gasteiger partial charge in [-0.15, -0.1) is 0 Å². The van der Waals surface area contributed by atoms with Crippen LogP contribution in [0, 0.1) is 0 Å². The number of carboxylic acids is 1. The van der Waals surface area contributed by atoms with Crippen LogP contribution in [0.1, 0.15) is 25.1 Å². The van der Waals surface area contributed by atoms with E-state index in [-0.39, 0.29) is 18.6 Å². The third-order valence-electron chi connectivity index (χ3n) is 5.18. The Morgan fingerprint density at radius 3 is 2.14 bits per heavy atom. The molecule has 190 valence electrons. The average Bonchev–Trinajstić information content (AvgIpc) is 3.31. The Balaban J connectivity index is 2.05. The highest BCUT2D eigenvalue weighted by Crippen LogP contribution is 2.11. The minimum atomic E-state index is -1.28. The molecule has 35 heavy (non-hydrogen) atoms. The number of H-pyrrole nitrogens is 1. The second kappa shape index (κ2) is 12.5. The maximum atomic E-state index is 12.9. The van der Waals surface area contributed by atoms with E-state index in [1.54, 1.807) is 0 Å². The van der Waals surface area contributed by atoms with Crippen molar-refractivity contribution in [3.63, 3.8) is 0 Å². The van der Waals surface area contributed by atoms with Crippen molar-refractivity contribution < 1.29 is 34.5 Å². The number of nitrogens with zero attached hydrogens (tertiary/aromatic N) is 1. The number of carbonyl (C=O) groups excluding carboxylic acids is 3. The largest absolute Gasteiger partial charge is 0.508 e. The van der Waals surface area contributed by atoms with Gasteiger partial charge in [0.1, 0.15) is 29.9 Å². The molecular weight excluding hydrogens is 460 g/mol. The molecule has 0 radical (unpaired) electrons. The number of aliphatic carboxylic acids is 1. The summed E-state index contributed by atoms with van der Waals surface area (Å²) in [6.07, 6.45) is 1.65. The van der Waals surface area contributed by atoms with Gasteiger partial charge < -0.3 is 42.0 Å². The van der Waals surface area contributed by atoms with E-state index in [9.17, 15) is 34.5 Å². The lowest BCUT2D eigenvalue weighted by molar-refractivity contribution is -0.142. The number of imidazole rings is 1. The zero-order chi connectivity index (χ0) is 26.1. The second-order valence-electron chi connectivity index (χ2n) is 8.11. The van der Waals surface area contributed by atoms with Crippen LogP contribution in [0.3, 0.4) is 0 Å². The van der Waals surface area contributed by atoms with Gasteiger partial charge in [0.15, 0.2) is 0 Å². The number of phenols is 1. The molecule has 0 aliphatic heterocycles. The van der Waals surface area contributed by atoms with Crippen molar-refractivity contribution in [2.45, 2.75) is 57.0 Å². The third-order valence-corrected chi connectivity index (χ3v) is 5.18. The van der Waals surface area contributed by atoms with Crippen LogP contribution < -0.4 is 21.7 Å². The number of aromatic nitrogens is 2. The molecular formula is C22H30N6O7. The maximum absolute atomic E-state index is 12.9. The summed E-state index contributed by atoms with van der Waals surface area (Å²) in [4.78, 5) is 56.1. The van der Waals surface area contributed by atoms with Crippen LogP contribution in [0.2, 0.25) is 0 Å². The first-order valence-electron chi connectivity index (χ1n) is 10.8. The van der Waals surface area contributed by atoms with E-state index in [4.69, 9.17) is 5.73 Å². The molecule has 0 saturated carbocycles. The van der Waals surface area contributed by atoms with Crippen molar-refractivity contribution in [2.24, 2.45) is 5.73 Å². The van der Waals surface area contributed by atoms with Gasteiger partial charge in [0.05, 0.1) is 12.4 Å². The SMILES string of the molecule is CC(NC(=O)C(Cc1cnc[nH]1)NC(=O)C(N)C(C)O)C(=O)NC(Cc1ccc(O)cc1)C(=O)O. The first-order valence-corrected chi connectivity index (χ1v) is 10.8. The number of aromatic hydroxyl groups is 1. The third kappa shape index (κ3) is 8.39. The minimum absolute atomic E-state index is 0.00293. The second-order valence-corrected chi connectivity index (χ2v) is 8.11. The van der Waals surface area contributed by atoms with Crippen LogP contribution >= 0.6 is 0 Å². The minimum Gasteiger partial charge on any atom is -0.508 e. The molecule has 13 heteroatoms. The van der Waals surface area contributed by atoms with Crippen molar-refractivity contribution >= 4 is 23.7 Å². The zero-order valence-electron chi connectivity index (χ0n) is 19.3. The first-order chi connectivity index (χ1) is 16.5. The Hall–Kier alpha value is -3.97. The van der Waals surface area contributed by atoms with Crippen molar-refractivity contribution in [2.75, 3.05) is 0 Å². The van der Waals surface area contributed by atoms with Crippen LogP contribution in [0.25, 0.3) is 0 Å². The highest BCUT2D eigenvalue weighted by atomic mass is 16.4. The van der Waals surface area contributed by atoms with Crippen molar-refractivity contribution in [3.05, 3.63) is 48.0 Å². The highest BCUT2D eigenvalue weighted by Gasteiger charge is 2.29. The Morgan fingerprint density at radius 1 is 0.971 bits per heavy atom. The fourth-order valence-corrected chi connectivity index (χ4v) is 3.06. The fraction of sp³-hybridized carbons (Fsp3) is 0.409. The molecule has 5 unspecified atom stereocenters. The standard InChI is InChI=1S/C22H30N6O7/c1-11(19(31)28-17(22(34)35)7-13-3-5-15(30)6-4-13)26-20(32)16(8-14-9-24-10-25-14)27-21(33)18(23)12(2)29/h3-6,9-12,16-18,29-30H,7-8,23H2,1-2H3,(H,24,25)(H,26,32)(H,27,33)(H,28,31)(H,34,35). The summed E-state index contributed by atoms with van der Waals surface area (Å²) in [6.45, 7) is 2.70. The number of aromatic amines is 1. The Morgan fingerprint density at radius 2 is 1.60 bits per heavy atom. The summed E-state index contributed by atoms with van der Waals surface area (Å²) in [6, 6.07) is 1.01. The molecule has 0 aliphatic carbocycles. The van der Waals surface area contributed by atoms with Crippen LogP contribution in [-0.2, 0) is 32.0 Å². The van der Waals surface area contributed by atoms with Gasteiger partial charge >= 0.3 is 5.97 Å². The number of aliphatic hydroxyl groups excluding tert-OH is 1. The van der Waals surface area contributed by atoms with E-state index in [2.05, 4.69) is 25.9 Å². The highest BCUT2D eigenvalue weighted by molar-refractivity contribution is 5.94. The number of aliphatic hydroxyl groups is 1. The summed E-state index contributed by atoms with van der Waals surface area (Å²) < 4.78 is 0. The number of amides is 3. The number of nitrogens with two attached hydrogens (primary N) is 1. The Bertz CT molecular complexity index is 1010. The molecule has 9 N–H and O–H groups in total. The van der Waals surface area contributed by atoms with E-state index in [1.807, 2.05) is 0 Å². The lowest BCUT2D eigenvalue weighted by Crippen LogP contribution is -2.58. The number of rotatable bonds is 12. The number of nitrogens with one attached hydrogen (secondary N) is 4. The molecule has 3 amide bonds. The molecule has 0 spiro atoms. The molecule has 0 aliphatic rings. The Kier molecular flexibility index (Phi) is 9.73. The van der Waals surface area contributed by atoms with E-state index < -0.39 is 54.0 Å². The molecule has 1 aromatic carbocycles. The molecule has 0 saturated heterocycles. The normalized spacial score (nSPS) is 15.2. The number of carboxylic acid groups (broad SMARTS) is 1. The fourth-order valence-electron chi connectivity index (χ4n) is 3.06. The summed E-state index contributed by atoms with van der Waals surface area (Å²) in [7, 11) is 0. The number of carbonyl (C=O) groups is 4. The quantitative estimate of drug-likeness (QED) is 0.167. The van der Waals surface area contributed by atoms with Gasteiger partial charge in [0.25, 0.3) is 0 Å². The van der Waals surface area contributed by atoms with Crippen molar-refractivity contribution in [3.8, 4) is 5.75 Å². The van der Waals surface area contributed by atoms with Gasteiger partial charge in [-0.25, -0.2) is 9.78 Å². The lowest BCUT2D eigenvalue weighted by atomic mass is 10.1. The van der Waals surface area contributed by atoms with Gasteiger partial charge in [-0.1, -0.05) is 12.1 Å². The molecule has 2 aromatic rings. The van der Waals surface area contributed by atoms with E-state index >= 15 is 0 Å². The average molecular weight is 491 g/mol. The predicted octanol–water partition coefficient (Wildman–Crippen LogP) is -1.83. The maximum Gasteiger partial charge on any atom is 0.326 e. The number of hydrogen-bond donors (Lipinski definition) is 8. The molecule has 13 nitrogen and oxygen atoms in total. The predicted molar refractivity (Wildman–Crippen MR) is 123 cm³/mol. The zero-order valence-corrected chi connectivity index (χ0v) is 19.3. The molecule has 0 bridgehead atoms. The summed E-state index contributed by atoms with van der Waals surface area (Å²) in [5.74, 6) is -3.50. The van der Waals surface area contributed by atoms with Gasteiger partial charge in [-0.3, -0.25) is 14.4 Å². The van der Waals surface area contributed by atoms with Crippen LogP contribution in [0.4, 0.5) is 0 Å². The summed E-state index contributed by atoms with van der Waals surface area (Å²) in [5, 5.41) is 35.7. The monoisotopic (exact) mass is 490 g/mol. The molecule has 5 atom stereocenters. The number of benzene rings is 1. The Labute approximate surface area is 201 Å². The number of phenolic OH excluding ortho intramolecular Hbond substituents is 1. The van der Waals surface area contributed by atoms with Crippen LogP contribution in [0.5, 0.6) is 5.75 Å². The molecule has 1 heterocycles. The molecule has 1 aromatic heterocycles. The van der Waals surface area contributed by atoms with Gasteiger partial charge in [-0.05, 0) is 31.5 Å².